The Kier molecular flexibility index (Phi) is 2.24. The van der Waals surface area contributed by atoms with E-state index in [1.165, 1.54) is 6.20 Å². The van der Waals surface area contributed by atoms with Crippen molar-refractivity contribution in [2.45, 2.75) is 6.92 Å². The van der Waals surface area contributed by atoms with E-state index in [1.54, 1.807) is 6.07 Å². The Morgan fingerprint density at radius 3 is 2.92 bits per heavy atom. The summed E-state index contributed by atoms with van der Waals surface area (Å²) in [6.45, 7) is 4.00. The molecule has 1 aliphatic rings. The summed E-state index contributed by atoms with van der Waals surface area (Å²) in [6.07, 6.45) is 1.47. The summed E-state index contributed by atoms with van der Waals surface area (Å²) in [5.41, 5.74) is 0.604. The van der Waals surface area contributed by atoms with E-state index in [0.717, 1.165) is 17.6 Å². The van der Waals surface area contributed by atoms with E-state index in [2.05, 4.69) is 27.8 Å². The van der Waals surface area contributed by atoms with Gasteiger partial charge in [-0.2, -0.15) is 4.39 Å². The van der Waals surface area contributed by atoms with Gasteiger partial charge < -0.3 is 4.90 Å². The molecule has 0 aromatic carbocycles. The molecule has 1 aromatic rings. The number of halogens is 2. The summed E-state index contributed by atoms with van der Waals surface area (Å²) in [6, 6.07) is 1.77. The second kappa shape index (κ2) is 3.25. The quantitative estimate of drug-likeness (QED) is 0.706. The fourth-order valence-corrected chi connectivity index (χ4v) is 1.85. The zero-order valence-corrected chi connectivity index (χ0v) is 8.88. The molecule has 13 heavy (non-hydrogen) atoms. The first kappa shape index (κ1) is 8.94. The summed E-state index contributed by atoms with van der Waals surface area (Å²) in [5, 5.41) is 0. The minimum absolute atomic E-state index is 0.380. The van der Waals surface area contributed by atoms with Crippen LogP contribution in [0.15, 0.2) is 16.7 Å². The van der Waals surface area contributed by atoms with Gasteiger partial charge >= 0.3 is 0 Å². The predicted octanol–water partition coefficient (Wildman–Crippen LogP) is 2.44. The maximum absolute atomic E-state index is 13.2. The molecule has 0 unspecified atom stereocenters. The Balaban J connectivity index is 2.24. The smallest absolute Gasteiger partial charge is 0.236 e. The molecule has 0 bridgehead atoms. The molecule has 1 aromatic heterocycles. The summed E-state index contributed by atoms with van der Waals surface area (Å²) in [4.78, 5) is 5.65. The Hall–Kier alpha value is -0.640. The zero-order chi connectivity index (χ0) is 9.42. The topological polar surface area (TPSA) is 16.1 Å². The van der Waals surface area contributed by atoms with Gasteiger partial charge in [0.25, 0.3) is 0 Å². The van der Waals surface area contributed by atoms with Gasteiger partial charge in [-0.05, 0) is 27.9 Å². The Labute approximate surface area is 84.9 Å². The number of nitrogens with zero attached hydrogens (tertiary/aromatic N) is 2. The lowest BCUT2D eigenvalue weighted by Gasteiger charge is -2.38. The fraction of sp³-hybridized carbons (Fsp3) is 0.444. The average molecular weight is 245 g/mol. The van der Waals surface area contributed by atoms with Gasteiger partial charge in [-0.25, -0.2) is 4.98 Å². The minimum Gasteiger partial charge on any atom is -0.367 e. The molecule has 0 N–H and O–H groups in total. The summed E-state index contributed by atoms with van der Waals surface area (Å²) in [5.74, 6) is 0.286. The van der Waals surface area contributed by atoms with Gasteiger partial charge in [0.05, 0.1) is 5.69 Å². The van der Waals surface area contributed by atoms with E-state index in [9.17, 15) is 4.39 Å². The van der Waals surface area contributed by atoms with Gasteiger partial charge in [0.15, 0.2) is 0 Å². The van der Waals surface area contributed by atoms with Crippen LogP contribution in [-0.2, 0) is 0 Å². The van der Waals surface area contributed by atoms with Gasteiger partial charge in [0.1, 0.15) is 0 Å². The van der Waals surface area contributed by atoms with Crippen molar-refractivity contribution in [3.63, 3.8) is 0 Å². The van der Waals surface area contributed by atoms with E-state index in [4.69, 9.17) is 0 Å². The molecular formula is C9H10BrFN2. The SMILES string of the molecule is CC1CN(c2cc(Br)cnc2F)C1. The first-order chi connectivity index (χ1) is 6.16. The van der Waals surface area contributed by atoms with Crippen molar-refractivity contribution in [3.05, 3.63) is 22.7 Å². The normalized spacial score (nSPS) is 17.3. The molecule has 0 amide bonds. The molecule has 0 atom stereocenters. The molecule has 0 saturated carbocycles. The van der Waals surface area contributed by atoms with Crippen molar-refractivity contribution in [3.8, 4) is 0 Å². The highest BCUT2D eigenvalue weighted by atomic mass is 79.9. The number of hydrogen-bond donors (Lipinski definition) is 0. The maximum atomic E-state index is 13.2. The first-order valence-corrected chi connectivity index (χ1v) is 5.02. The lowest BCUT2D eigenvalue weighted by molar-refractivity contribution is 0.436. The van der Waals surface area contributed by atoms with Crippen molar-refractivity contribution in [1.29, 1.82) is 0 Å². The third-order valence-corrected chi connectivity index (χ3v) is 2.63. The fourth-order valence-electron chi connectivity index (χ4n) is 1.53. The molecule has 0 radical (unpaired) electrons. The van der Waals surface area contributed by atoms with E-state index in [-0.39, 0.29) is 5.95 Å². The first-order valence-electron chi connectivity index (χ1n) is 4.23. The van der Waals surface area contributed by atoms with Gasteiger partial charge in [0, 0.05) is 23.8 Å². The zero-order valence-electron chi connectivity index (χ0n) is 7.30. The van der Waals surface area contributed by atoms with Crippen LogP contribution in [0.2, 0.25) is 0 Å². The molecule has 1 saturated heterocycles. The highest BCUT2D eigenvalue weighted by molar-refractivity contribution is 9.10. The lowest BCUT2D eigenvalue weighted by atomic mass is 10.0. The monoisotopic (exact) mass is 244 g/mol. The van der Waals surface area contributed by atoms with Crippen LogP contribution in [0.25, 0.3) is 0 Å². The van der Waals surface area contributed by atoms with Crippen LogP contribution >= 0.6 is 15.9 Å². The average Bonchev–Trinajstić information content (AvgIpc) is 2.04. The molecule has 4 heteroatoms. The molecule has 0 aliphatic carbocycles. The largest absolute Gasteiger partial charge is 0.367 e. The molecule has 2 rings (SSSR count). The van der Waals surface area contributed by atoms with E-state index < -0.39 is 0 Å². The van der Waals surface area contributed by atoms with Crippen LogP contribution in [-0.4, -0.2) is 18.1 Å². The van der Waals surface area contributed by atoms with Crippen molar-refractivity contribution in [2.75, 3.05) is 18.0 Å². The minimum atomic E-state index is -0.380. The summed E-state index contributed by atoms with van der Waals surface area (Å²) < 4.78 is 14.0. The lowest BCUT2D eigenvalue weighted by Crippen LogP contribution is -2.45. The summed E-state index contributed by atoms with van der Waals surface area (Å²) >= 11 is 3.28. The number of rotatable bonds is 1. The van der Waals surface area contributed by atoms with Gasteiger partial charge in [-0.15, -0.1) is 0 Å². The second-order valence-corrected chi connectivity index (χ2v) is 4.39. The standard InChI is InChI=1S/C9H10BrFN2/c1-6-4-13(5-6)8-2-7(10)3-12-9(8)11/h2-3,6H,4-5H2,1H3. The molecule has 2 nitrogen and oxygen atoms in total. The van der Waals surface area contributed by atoms with E-state index >= 15 is 0 Å². The Bertz CT molecular complexity index is 323. The Morgan fingerprint density at radius 1 is 1.62 bits per heavy atom. The molecule has 70 valence electrons. The second-order valence-electron chi connectivity index (χ2n) is 3.47. The van der Waals surface area contributed by atoms with Gasteiger partial charge in [-0.3, -0.25) is 0 Å². The van der Waals surface area contributed by atoms with Crippen LogP contribution in [0.1, 0.15) is 6.92 Å². The van der Waals surface area contributed by atoms with Crippen molar-refractivity contribution >= 4 is 21.6 Å². The molecule has 0 spiro atoms. The van der Waals surface area contributed by atoms with Crippen LogP contribution in [0.5, 0.6) is 0 Å². The van der Waals surface area contributed by atoms with Crippen molar-refractivity contribution < 1.29 is 4.39 Å². The van der Waals surface area contributed by atoms with Crippen molar-refractivity contribution in [2.24, 2.45) is 5.92 Å². The van der Waals surface area contributed by atoms with Crippen molar-refractivity contribution in [1.82, 2.24) is 4.98 Å². The third-order valence-electron chi connectivity index (χ3n) is 2.19. The third kappa shape index (κ3) is 1.68. The Morgan fingerprint density at radius 2 is 2.31 bits per heavy atom. The molecule has 2 heterocycles. The van der Waals surface area contributed by atoms with Gasteiger partial charge in [0.2, 0.25) is 5.95 Å². The number of pyridine rings is 1. The van der Waals surface area contributed by atoms with E-state index in [0.29, 0.717) is 11.6 Å². The van der Waals surface area contributed by atoms with Crippen LogP contribution in [0.4, 0.5) is 10.1 Å². The number of anilines is 1. The van der Waals surface area contributed by atoms with Crippen LogP contribution < -0.4 is 4.90 Å². The van der Waals surface area contributed by atoms with Crippen LogP contribution in [0.3, 0.4) is 0 Å². The summed E-state index contributed by atoms with van der Waals surface area (Å²) in [7, 11) is 0. The highest BCUT2D eigenvalue weighted by Gasteiger charge is 2.25. The molecule has 1 fully saturated rings. The van der Waals surface area contributed by atoms with Crippen LogP contribution in [0, 0.1) is 11.9 Å². The maximum Gasteiger partial charge on any atom is 0.236 e. The molecule has 1 aliphatic heterocycles. The molecular weight excluding hydrogens is 235 g/mol. The number of hydrogen-bond acceptors (Lipinski definition) is 2. The highest BCUT2D eigenvalue weighted by Crippen LogP contribution is 2.27. The number of aromatic nitrogens is 1. The van der Waals surface area contributed by atoms with E-state index in [1.807, 2.05) is 4.90 Å². The van der Waals surface area contributed by atoms with Gasteiger partial charge in [-0.1, -0.05) is 6.92 Å². The predicted molar refractivity (Wildman–Crippen MR) is 53.3 cm³/mol.